The topological polar surface area (TPSA) is 94.4 Å². The van der Waals surface area contributed by atoms with E-state index in [1.165, 1.54) is 43.4 Å². The Balaban J connectivity index is 1.41. The fraction of sp³-hybridized carbons (Fsp3) is 0.929. The number of fused-ring (bicyclic) bond motifs is 5. The number of nitrogens with one attached hydrogen (secondary N) is 1. The van der Waals surface area contributed by atoms with Crippen LogP contribution in [-0.4, -0.2) is 65.8 Å². The summed E-state index contributed by atoms with van der Waals surface area (Å²) in [6.45, 7) is 11.2. The second-order valence-corrected chi connectivity index (χ2v) is 12.4. The fourth-order valence-electron chi connectivity index (χ4n) is 8.96. The molecule has 0 bridgehead atoms. The summed E-state index contributed by atoms with van der Waals surface area (Å²) in [6.07, 6.45) is 10.0. The molecule has 8 atom stereocenters. The van der Waals surface area contributed by atoms with Crippen LogP contribution in [0.2, 0.25) is 0 Å². The predicted molar refractivity (Wildman–Crippen MR) is 138 cm³/mol. The Morgan fingerprint density at radius 2 is 1.80 bits per heavy atom. The molecule has 0 aromatic rings. The average molecular weight is 492 g/mol. The molecule has 4 fully saturated rings. The van der Waals surface area contributed by atoms with Crippen molar-refractivity contribution in [2.75, 3.05) is 32.8 Å². The van der Waals surface area contributed by atoms with Crippen molar-refractivity contribution in [2.45, 2.75) is 91.6 Å². The smallest absolute Gasteiger partial charge is 0.395 e. The van der Waals surface area contributed by atoms with Crippen molar-refractivity contribution in [1.29, 1.82) is 0 Å². The maximum absolute atomic E-state index is 12.6. The van der Waals surface area contributed by atoms with Gasteiger partial charge in [-0.25, -0.2) is 4.79 Å². The number of hydrogen-bond donors (Lipinski definition) is 3. The largest absolute Gasteiger partial charge is 0.436 e. The van der Waals surface area contributed by atoms with Crippen LogP contribution < -0.4 is 5.32 Å². The van der Waals surface area contributed by atoms with Crippen molar-refractivity contribution >= 4 is 11.8 Å². The third-order valence-corrected chi connectivity index (χ3v) is 10.8. The van der Waals surface area contributed by atoms with Crippen molar-refractivity contribution in [2.24, 2.45) is 45.6 Å². The summed E-state index contributed by atoms with van der Waals surface area (Å²) >= 11 is 0. The van der Waals surface area contributed by atoms with E-state index in [0.717, 1.165) is 43.4 Å². The molecule has 7 nitrogen and oxygen atoms in total. The fourth-order valence-corrected chi connectivity index (χ4v) is 8.96. The predicted octanol–water partition coefficient (Wildman–Crippen LogP) is 4.42. The van der Waals surface area contributed by atoms with Gasteiger partial charge in [0.05, 0.1) is 18.4 Å². The van der Waals surface area contributed by atoms with E-state index in [9.17, 15) is 15.0 Å². The second-order valence-electron chi connectivity index (χ2n) is 12.4. The molecule has 1 amide bonds. The number of amides is 1. The molecule has 3 N–H and O–H groups in total. The lowest BCUT2D eigenvalue weighted by molar-refractivity contribution is -0.123. The minimum atomic E-state index is -0.481. The van der Waals surface area contributed by atoms with Crippen LogP contribution in [0.3, 0.4) is 0 Å². The molecule has 0 unspecified atom stereocenters. The Morgan fingerprint density at radius 1 is 1.06 bits per heavy atom. The highest BCUT2D eigenvalue weighted by Gasteiger charge is 2.60. The molecular formula is C28H49N3O4. The molecule has 7 heteroatoms. The molecule has 4 rings (SSSR count). The quantitative estimate of drug-likeness (QED) is 0.202. The van der Waals surface area contributed by atoms with Gasteiger partial charge >= 0.3 is 6.09 Å². The standard InChI is InChI=1S/C28H49N3O4/c1-5-29-14-15-31(16-17-32)26(34)35-30-19(2)23-8-9-24-22-7-6-20-18-21(33)10-12-27(20,3)25(22)11-13-28(23,24)4/h20-25,29,32-33H,5-18H2,1-4H3/b30-19+/t20-,21-,22+,23-,24+,25+,27+,28-/m1/s1. The first-order chi connectivity index (χ1) is 16.7. The lowest BCUT2D eigenvalue weighted by Crippen LogP contribution is -2.54. The minimum Gasteiger partial charge on any atom is -0.395 e. The molecule has 0 aromatic heterocycles. The SMILES string of the molecule is CCNCCN(CCO)C(=O)O/N=C(\C)[C@H]1CC[C@H]2[C@@H]3CC[C@@H]4C[C@H](O)CC[C@]4(C)[C@H]3CC[C@]12C. The maximum atomic E-state index is 12.6. The van der Waals surface area contributed by atoms with Crippen LogP contribution in [0.5, 0.6) is 0 Å². The van der Waals surface area contributed by atoms with Gasteiger partial charge in [0.2, 0.25) is 0 Å². The van der Waals surface area contributed by atoms with Crippen molar-refractivity contribution in [1.82, 2.24) is 10.2 Å². The van der Waals surface area contributed by atoms with Crippen molar-refractivity contribution in [3.05, 3.63) is 0 Å². The van der Waals surface area contributed by atoms with Crippen LogP contribution in [-0.2, 0) is 4.84 Å². The first kappa shape index (κ1) is 26.9. The number of carbonyl (C=O) groups is 1. The van der Waals surface area contributed by atoms with Crippen molar-refractivity contribution in [3.63, 3.8) is 0 Å². The normalized spacial score (nSPS) is 41.0. The van der Waals surface area contributed by atoms with E-state index in [2.05, 4.69) is 24.3 Å². The highest BCUT2D eigenvalue weighted by atomic mass is 16.7. The van der Waals surface area contributed by atoms with E-state index in [1.807, 2.05) is 13.8 Å². The van der Waals surface area contributed by atoms with E-state index in [1.54, 1.807) is 0 Å². The number of carbonyl (C=O) groups excluding carboxylic acids is 1. The molecule has 4 saturated carbocycles. The molecule has 0 aromatic carbocycles. The zero-order valence-corrected chi connectivity index (χ0v) is 22.5. The molecular weight excluding hydrogens is 442 g/mol. The number of hydrogen-bond acceptors (Lipinski definition) is 6. The number of rotatable bonds is 8. The van der Waals surface area contributed by atoms with Gasteiger partial charge in [-0.05, 0) is 106 Å². The molecule has 4 aliphatic carbocycles. The van der Waals surface area contributed by atoms with Gasteiger partial charge in [0.25, 0.3) is 0 Å². The summed E-state index contributed by atoms with van der Waals surface area (Å²) in [7, 11) is 0. The summed E-state index contributed by atoms with van der Waals surface area (Å²) in [5, 5.41) is 27.2. The third-order valence-electron chi connectivity index (χ3n) is 10.8. The molecule has 0 spiro atoms. The molecule has 0 heterocycles. The van der Waals surface area contributed by atoms with Gasteiger partial charge in [0, 0.05) is 25.6 Å². The van der Waals surface area contributed by atoms with Crippen molar-refractivity contribution < 1.29 is 19.8 Å². The monoisotopic (exact) mass is 491 g/mol. The summed E-state index contributed by atoms with van der Waals surface area (Å²) in [5.41, 5.74) is 1.55. The zero-order valence-electron chi connectivity index (χ0n) is 22.5. The van der Waals surface area contributed by atoms with Crippen LogP contribution in [0.4, 0.5) is 4.79 Å². The Bertz CT molecular complexity index is 775. The zero-order chi connectivity index (χ0) is 25.2. The Morgan fingerprint density at radius 3 is 2.54 bits per heavy atom. The van der Waals surface area contributed by atoms with Gasteiger partial charge in [-0.3, -0.25) is 4.84 Å². The number of likely N-dealkylation sites (N-methyl/N-ethyl adjacent to an activating group) is 1. The highest BCUT2D eigenvalue weighted by molar-refractivity contribution is 5.85. The summed E-state index contributed by atoms with van der Waals surface area (Å²) in [6, 6.07) is 0. The van der Waals surface area contributed by atoms with E-state index in [-0.39, 0.29) is 24.7 Å². The highest BCUT2D eigenvalue weighted by Crippen LogP contribution is 2.67. The maximum Gasteiger partial charge on any atom is 0.436 e. The Kier molecular flexibility index (Phi) is 8.49. The lowest BCUT2D eigenvalue weighted by Gasteiger charge is -2.61. The van der Waals surface area contributed by atoms with E-state index in [0.29, 0.717) is 36.3 Å². The van der Waals surface area contributed by atoms with Gasteiger partial charge in [0.15, 0.2) is 0 Å². The lowest BCUT2D eigenvalue weighted by atomic mass is 9.44. The Labute approximate surface area is 212 Å². The van der Waals surface area contributed by atoms with Gasteiger partial charge in [-0.15, -0.1) is 0 Å². The van der Waals surface area contributed by atoms with Crippen LogP contribution >= 0.6 is 0 Å². The van der Waals surface area contributed by atoms with E-state index in [4.69, 9.17) is 4.84 Å². The number of nitrogens with zero attached hydrogens (tertiary/aromatic N) is 2. The Hall–Kier alpha value is -1.18. The van der Waals surface area contributed by atoms with Crippen LogP contribution in [0.25, 0.3) is 0 Å². The molecule has 0 aliphatic heterocycles. The number of aliphatic hydroxyl groups excluding tert-OH is 2. The number of aliphatic hydroxyl groups is 2. The first-order valence-electron chi connectivity index (χ1n) is 14.2. The molecule has 200 valence electrons. The second kappa shape index (κ2) is 11.1. The van der Waals surface area contributed by atoms with E-state index >= 15 is 0 Å². The molecule has 35 heavy (non-hydrogen) atoms. The minimum absolute atomic E-state index is 0.0897. The number of oxime groups is 1. The first-order valence-corrected chi connectivity index (χ1v) is 14.2. The van der Waals surface area contributed by atoms with Crippen LogP contribution in [0.1, 0.15) is 85.5 Å². The summed E-state index contributed by atoms with van der Waals surface area (Å²) in [4.78, 5) is 19.5. The van der Waals surface area contributed by atoms with Gasteiger partial charge in [-0.1, -0.05) is 25.9 Å². The van der Waals surface area contributed by atoms with Gasteiger partial charge in [0.1, 0.15) is 0 Å². The van der Waals surface area contributed by atoms with Gasteiger partial charge in [-0.2, -0.15) is 0 Å². The summed E-state index contributed by atoms with van der Waals surface area (Å²) < 4.78 is 0. The average Bonchev–Trinajstić information content (AvgIpc) is 3.19. The van der Waals surface area contributed by atoms with Crippen molar-refractivity contribution in [3.8, 4) is 0 Å². The van der Waals surface area contributed by atoms with E-state index < -0.39 is 6.09 Å². The van der Waals surface area contributed by atoms with Crippen LogP contribution in [0.15, 0.2) is 5.16 Å². The molecule has 0 saturated heterocycles. The molecule has 0 radical (unpaired) electrons. The van der Waals surface area contributed by atoms with Gasteiger partial charge < -0.3 is 20.4 Å². The summed E-state index contributed by atoms with van der Waals surface area (Å²) in [5.74, 6) is 3.31. The third kappa shape index (κ3) is 5.15. The molecule has 4 aliphatic rings. The van der Waals surface area contributed by atoms with Crippen LogP contribution in [0, 0.1) is 40.4 Å².